The second-order valence-corrected chi connectivity index (χ2v) is 10.2. The Labute approximate surface area is 250 Å². The molecule has 2 aliphatic rings. The summed E-state index contributed by atoms with van der Waals surface area (Å²) in [7, 11) is 3.78. The van der Waals surface area contributed by atoms with Gasteiger partial charge >= 0.3 is 18.1 Å². The Kier molecular flexibility index (Phi) is 8.18. The van der Waals surface area contributed by atoms with Crippen molar-refractivity contribution in [1.82, 2.24) is 4.98 Å². The first-order valence-electron chi connectivity index (χ1n) is 13.5. The maximum Gasteiger partial charge on any atom is 0.416 e. The van der Waals surface area contributed by atoms with E-state index in [-0.39, 0.29) is 34.8 Å². The first kappa shape index (κ1) is 30.3. The number of Topliss-reactive ketones (excluding diaryl/α,β-unsaturated/α-hetero) is 1. The predicted molar refractivity (Wildman–Crippen MR) is 152 cm³/mol. The summed E-state index contributed by atoms with van der Waals surface area (Å²) >= 11 is 0. The Morgan fingerprint density at radius 3 is 2.30 bits per heavy atom. The lowest BCUT2D eigenvalue weighted by molar-refractivity contribution is -0.150. The second-order valence-electron chi connectivity index (χ2n) is 10.2. The molecule has 0 saturated heterocycles. The lowest BCUT2D eigenvalue weighted by Crippen LogP contribution is -2.46. The summed E-state index contributed by atoms with van der Waals surface area (Å²) in [6.45, 7) is 0. The Balaban J connectivity index is 1.82. The number of aromatic nitrogens is 1. The number of benzene rings is 2. The number of hydrogen-bond donors (Lipinski definition) is 1. The van der Waals surface area contributed by atoms with Gasteiger partial charge in [-0.25, -0.2) is 4.79 Å². The minimum atomic E-state index is -4.69. The summed E-state index contributed by atoms with van der Waals surface area (Å²) in [6.07, 6.45) is -1.76. The number of ether oxygens (including phenoxy) is 3. The Bertz CT molecular complexity index is 1670. The number of halogens is 3. The summed E-state index contributed by atoms with van der Waals surface area (Å²) in [5.74, 6) is -5.33. The molecule has 0 spiro atoms. The molecule has 2 N–H and O–H groups in total. The van der Waals surface area contributed by atoms with Crippen molar-refractivity contribution in [2.24, 2.45) is 11.7 Å². The molecular weight excluding hydrogens is 579 g/mol. The molecule has 44 heavy (non-hydrogen) atoms. The molecule has 3 unspecified atom stereocenters. The fourth-order valence-corrected chi connectivity index (χ4v) is 5.90. The van der Waals surface area contributed by atoms with Gasteiger partial charge < -0.3 is 19.9 Å². The molecule has 12 heteroatoms. The van der Waals surface area contributed by atoms with E-state index in [1.807, 2.05) is 0 Å². The molecule has 0 bridgehead atoms. The molecule has 1 aliphatic heterocycles. The number of nitrogens with zero attached hydrogens (tertiary/aromatic N) is 2. The number of pyridine rings is 1. The van der Waals surface area contributed by atoms with Crippen LogP contribution in [0, 0.1) is 5.92 Å². The van der Waals surface area contributed by atoms with Crippen LogP contribution in [0.15, 0.2) is 95.7 Å². The highest BCUT2D eigenvalue weighted by Gasteiger charge is 2.51. The summed E-state index contributed by atoms with van der Waals surface area (Å²) in [6, 6.07) is 14.4. The largest absolute Gasteiger partial charge is 0.497 e. The Hall–Kier alpha value is -5.13. The van der Waals surface area contributed by atoms with Crippen LogP contribution in [-0.2, 0) is 30.0 Å². The number of methoxy groups -OCH3 is 3. The molecule has 3 atom stereocenters. The molecule has 5 rings (SSSR count). The van der Waals surface area contributed by atoms with Gasteiger partial charge in [0.15, 0.2) is 5.78 Å². The van der Waals surface area contributed by atoms with Gasteiger partial charge in [0.25, 0.3) is 0 Å². The topological polar surface area (TPSA) is 121 Å². The first-order valence-corrected chi connectivity index (χ1v) is 13.5. The van der Waals surface area contributed by atoms with Crippen molar-refractivity contribution in [3.8, 4) is 5.75 Å². The Morgan fingerprint density at radius 2 is 1.70 bits per heavy atom. The van der Waals surface area contributed by atoms with Crippen LogP contribution in [0.5, 0.6) is 5.75 Å². The van der Waals surface area contributed by atoms with Crippen LogP contribution in [0.4, 0.5) is 18.9 Å². The van der Waals surface area contributed by atoms with Crippen LogP contribution in [0.25, 0.3) is 0 Å². The molecule has 0 saturated carbocycles. The van der Waals surface area contributed by atoms with Crippen LogP contribution in [-0.4, -0.2) is 44.0 Å². The normalized spacial score (nSPS) is 20.3. The van der Waals surface area contributed by atoms with E-state index in [0.717, 1.165) is 26.4 Å². The van der Waals surface area contributed by atoms with Crippen molar-refractivity contribution in [1.29, 1.82) is 0 Å². The summed E-state index contributed by atoms with van der Waals surface area (Å²) < 4.78 is 56.9. The summed E-state index contributed by atoms with van der Waals surface area (Å²) in [5, 5.41) is 0. The number of carbonyl (C=O) groups is 3. The van der Waals surface area contributed by atoms with Crippen molar-refractivity contribution in [2.75, 3.05) is 26.2 Å². The number of alkyl halides is 3. The van der Waals surface area contributed by atoms with E-state index in [9.17, 15) is 27.6 Å². The van der Waals surface area contributed by atoms with Gasteiger partial charge in [-0.05, 0) is 53.9 Å². The van der Waals surface area contributed by atoms with Crippen molar-refractivity contribution < 1.29 is 41.8 Å². The number of esters is 2. The quantitative estimate of drug-likeness (QED) is 0.310. The number of carbonyl (C=O) groups excluding carboxylic acids is 3. The van der Waals surface area contributed by atoms with Crippen LogP contribution in [0.1, 0.15) is 34.9 Å². The maximum atomic E-state index is 14.6. The third-order valence-corrected chi connectivity index (χ3v) is 7.89. The minimum Gasteiger partial charge on any atom is -0.497 e. The molecule has 3 aromatic rings. The van der Waals surface area contributed by atoms with Crippen molar-refractivity contribution in [3.05, 3.63) is 112 Å². The van der Waals surface area contributed by atoms with Gasteiger partial charge in [0.1, 0.15) is 17.5 Å². The highest BCUT2D eigenvalue weighted by molar-refractivity contribution is 6.14. The number of rotatable bonds is 6. The molecule has 1 aromatic heterocycles. The van der Waals surface area contributed by atoms with Crippen molar-refractivity contribution >= 4 is 23.4 Å². The zero-order valence-electron chi connectivity index (χ0n) is 23.9. The van der Waals surface area contributed by atoms with Crippen LogP contribution < -0.4 is 15.4 Å². The van der Waals surface area contributed by atoms with Gasteiger partial charge in [-0.15, -0.1) is 0 Å². The van der Waals surface area contributed by atoms with E-state index < -0.39 is 47.2 Å². The van der Waals surface area contributed by atoms with E-state index in [2.05, 4.69) is 4.98 Å². The van der Waals surface area contributed by atoms with Crippen molar-refractivity contribution in [2.45, 2.75) is 24.4 Å². The highest BCUT2D eigenvalue weighted by atomic mass is 19.4. The molecule has 9 nitrogen and oxygen atoms in total. The van der Waals surface area contributed by atoms with E-state index in [1.165, 1.54) is 36.5 Å². The lowest BCUT2D eigenvalue weighted by atomic mass is 9.67. The zero-order chi connectivity index (χ0) is 31.8. The smallest absolute Gasteiger partial charge is 0.416 e. The molecule has 228 valence electrons. The van der Waals surface area contributed by atoms with E-state index in [0.29, 0.717) is 16.9 Å². The van der Waals surface area contributed by atoms with Gasteiger partial charge in [-0.3, -0.25) is 19.5 Å². The van der Waals surface area contributed by atoms with E-state index in [4.69, 9.17) is 19.9 Å². The monoisotopic (exact) mass is 607 g/mol. The molecule has 2 heterocycles. The van der Waals surface area contributed by atoms with Gasteiger partial charge in [0.05, 0.1) is 38.4 Å². The summed E-state index contributed by atoms with van der Waals surface area (Å²) in [4.78, 5) is 46.6. The fraction of sp³-hybridized carbons (Fsp3) is 0.250. The van der Waals surface area contributed by atoms with Gasteiger partial charge in [-0.1, -0.05) is 24.3 Å². The zero-order valence-corrected chi connectivity index (χ0v) is 23.9. The number of hydrogen-bond acceptors (Lipinski definition) is 9. The van der Waals surface area contributed by atoms with E-state index in [1.54, 1.807) is 36.4 Å². The predicted octanol–water partition coefficient (Wildman–Crippen LogP) is 4.86. The number of allylic oxidation sites excluding steroid dienone is 2. The highest BCUT2D eigenvalue weighted by Crippen LogP contribution is 2.51. The molecule has 0 fully saturated rings. The number of nitrogens with two attached hydrogens (primary N) is 1. The lowest BCUT2D eigenvalue weighted by Gasteiger charge is -2.44. The fourth-order valence-electron chi connectivity index (χ4n) is 5.90. The van der Waals surface area contributed by atoms with Gasteiger partial charge in [-0.2, -0.15) is 13.2 Å². The first-order chi connectivity index (χ1) is 21.0. The molecule has 1 aliphatic carbocycles. The standard InChI is InChI=1S/C32H28F3N3O6/c1-42-21-11-9-17(10-12-21)22-15-23-26(28(39)25(22)30(40)43-2)24(18-6-5-13-37-16-18)27(31(41)44-3)29(36)38(23)20-8-4-7-19(14-20)32(33,34)35/h4-14,16,22,24-25H,15,36H2,1-3H3. The minimum absolute atomic E-state index is 0.00479. The Morgan fingerprint density at radius 1 is 0.977 bits per heavy atom. The van der Waals surface area contributed by atoms with Crippen LogP contribution in [0.3, 0.4) is 0 Å². The van der Waals surface area contributed by atoms with Crippen molar-refractivity contribution in [3.63, 3.8) is 0 Å². The van der Waals surface area contributed by atoms with E-state index >= 15 is 0 Å². The molecule has 2 aromatic carbocycles. The second kappa shape index (κ2) is 11.9. The third-order valence-electron chi connectivity index (χ3n) is 7.89. The average Bonchev–Trinajstić information content (AvgIpc) is 3.03. The van der Waals surface area contributed by atoms with Crippen LogP contribution in [0.2, 0.25) is 0 Å². The van der Waals surface area contributed by atoms with Gasteiger partial charge in [0, 0.05) is 35.3 Å². The van der Waals surface area contributed by atoms with Crippen LogP contribution >= 0.6 is 0 Å². The molecule has 0 radical (unpaired) electrons. The van der Waals surface area contributed by atoms with Gasteiger partial charge in [0.2, 0.25) is 0 Å². The summed E-state index contributed by atoms with van der Waals surface area (Å²) in [5.41, 5.74) is 6.71. The maximum absolute atomic E-state index is 14.6. The molecule has 0 amide bonds. The number of ketones is 1. The molecular formula is C32H28F3N3O6. The SMILES string of the molecule is COC(=O)C1=C(N)N(c2cccc(C(F)(F)F)c2)C2=C(C(=O)C(C(=O)OC)C(c3ccc(OC)cc3)C2)C1c1cccnc1. The average molecular weight is 608 g/mol. The number of anilines is 1. The third kappa shape index (κ3) is 5.27.